The van der Waals surface area contributed by atoms with Crippen LogP contribution in [0.5, 0.6) is 0 Å². The molecular weight excluding hydrogens is 334 g/mol. The molecule has 0 spiro atoms. The van der Waals surface area contributed by atoms with Gasteiger partial charge in [-0.3, -0.25) is 9.59 Å². The molecule has 0 fully saturated rings. The number of rotatable bonds is 2. The molecule has 27 heavy (non-hydrogen) atoms. The molecule has 0 saturated carbocycles. The molecule has 0 N–H and O–H groups in total. The summed E-state index contributed by atoms with van der Waals surface area (Å²) >= 11 is 0. The Morgan fingerprint density at radius 2 is 1.70 bits per heavy atom. The normalized spacial score (nSPS) is 20.5. The topological polar surface area (TPSA) is 37.4 Å². The number of fused-ring (bicyclic) bond motifs is 2. The minimum absolute atomic E-state index is 0.125. The molecule has 3 nitrogen and oxygen atoms in total. The zero-order valence-electron chi connectivity index (χ0n) is 16.4. The van der Waals surface area contributed by atoms with E-state index in [2.05, 4.69) is 44.7 Å². The Labute approximate surface area is 160 Å². The number of anilines is 1. The molecule has 138 valence electrons. The Morgan fingerprint density at radius 1 is 1.07 bits per heavy atom. The Morgan fingerprint density at radius 3 is 2.30 bits per heavy atom. The monoisotopic (exact) mass is 359 g/mol. The second-order valence-corrected chi connectivity index (χ2v) is 8.24. The fraction of sp³-hybridized carbons (Fsp3) is 0.333. The Bertz CT molecular complexity index is 947. The first-order valence-electron chi connectivity index (χ1n) is 9.65. The predicted molar refractivity (Wildman–Crippen MR) is 110 cm³/mol. The molecule has 0 bridgehead atoms. The van der Waals surface area contributed by atoms with Crippen molar-refractivity contribution in [2.24, 2.45) is 0 Å². The summed E-state index contributed by atoms with van der Waals surface area (Å²) in [5.74, 6) is 0.0960. The van der Waals surface area contributed by atoms with Gasteiger partial charge in [-0.15, -0.1) is 0 Å². The van der Waals surface area contributed by atoms with E-state index < -0.39 is 0 Å². The van der Waals surface area contributed by atoms with Crippen molar-refractivity contribution in [1.82, 2.24) is 0 Å². The van der Waals surface area contributed by atoms with E-state index in [1.54, 1.807) is 30.3 Å². The first-order valence-corrected chi connectivity index (χ1v) is 9.65. The summed E-state index contributed by atoms with van der Waals surface area (Å²) in [5.41, 5.74) is 4.89. The molecule has 3 heteroatoms. The van der Waals surface area contributed by atoms with Crippen molar-refractivity contribution in [3.63, 3.8) is 0 Å². The van der Waals surface area contributed by atoms with Gasteiger partial charge in [-0.2, -0.15) is 0 Å². The lowest BCUT2D eigenvalue weighted by atomic mass is 9.79. The van der Waals surface area contributed by atoms with Gasteiger partial charge < -0.3 is 4.90 Å². The largest absolute Gasteiger partial charge is 0.366 e. The molecule has 1 heterocycles. The van der Waals surface area contributed by atoms with Crippen molar-refractivity contribution < 1.29 is 9.59 Å². The van der Waals surface area contributed by atoms with Crippen LogP contribution in [0.15, 0.2) is 48.0 Å². The zero-order valence-corrected chi connectivity index (χ0v) is 16.4. The van der Waals surface area contributed by atoms with Gasteiger partial charge in [-0.25, -0.2) is 0 Å². The number of nitrogens with zero attached hydrogens (tertiary/aromatic N) is 1. The van der Waals surface area contributed by atoms with Crippen LogP contribution in [-0.4, -0.2) is 23.7 Å². The van der Waals surface area contributed by atoms with Gasteiger partial charge >= 0.3 is 0 Å². The van der Waals surface area contributed by atoms with E-state index in [0.717, 1.165) is 18.5 Å². The Hall–Kier alpha value is -2.68. The first-order chi connectivity index (χ1) is 12.8. The van der Waals surface area contributed by atoms with Gasteiger partial charge in [0.2, 0.25) is 0 Å². The highest BCUT2D eigenvalue weighted by Gasteiger charge is 2.36. The van der Waals surface area contributed by atoms with E-state index in [1.165, 1.54) is 11.3 Å². The van der Waals surface area contributed by atoms with Crippen molar-refractivity contribution in [3.8, 4) is 0 Å². The van der Waals surface area contributed by atoms with Gasteiger partial charge in [0.15, 0.2) is 11.6 Å². The minimum Gasteiger partial charge on any atom is -0.366 e. The van der Waals surface area contributed by atoms with Crippen LogP contribution in [0.25, 0.3) is 6.08 Å². The smallest absolute Gasteiger partial charge is 0.197 e. The summed E-state index contributed by atoms with van der Waals surface area (Å²) in [5, 5.41) is 0. The van der Waals surface area contributed by atoms with Crippen LogP contribution in [0.1, 0.15) is 71.9 Å². The summed E-state index contributed by atoms with van der Waals surface area (Å²) in [4.78, 5) is 27.7. The molecule has 0 amide bonds. The van der Waals surface area contributed by atoms with Crippen LogP contribution in [0.2, 0.25) is 0 Å². The van der Waals surface area contributed by atoms with E-state index in [9.17, 15) is 9.59 Å². The number of allylic oxidation sites excluding steroid dienone is 1. The van der Waals surface area contributed by atoms with Crippen molar-refractivity contribution >= 4 is 23.3 Å². The standard InChI is InChI=1S/C24H25NO2/c1-5-25-21-11-10-16(12-19(21)15(2)14-24(25,3)4)13-20-22(26)17-8-6-7-9-18(17)23(20)27/h6-13,15H,5,14H2,1-4H3/t15-/m0/s1. The van der Waals surface area contributed by atoms with Gasteiger partial charge in [0.1, 0.15) is 0 Å². The fourth-order valence-electron chi connectivity index (χ4n) is 4.77. The maximum absolute atomic E-state index is 12.7. The Balaban J connectivity index is 1.76. The molecule has 1 aliphatic carbocycles. The third-order valence-corrected chi connectivity index (χ3v) is 5.94. The second-order valence-electron chi connectivity index (χ2n) is 8.24. The molecule has 2 aromatic rings. The maximum atomic E-state index is 12.7. The van der Waals surface area contributed by atoms with Gasteiger partial charge in [-0.1, -0.05) is 37.3 Å². The van der Waals surface area contributed by atoms with E-state index in [4.69, 9.17) is 0 Å². The third kappa shape index (κ3) is 2.73. The number of carbonyl (C=O) groups is 2. The summed E-state index contributed by atoms with van der Waals surface area (Å²) < 4.78 is 0. The van der Waals surface area contributed by atoms with Crippen molar-refractivity contribution in [2.45, 2.75) is 45.6 Å². The maximum Gasteiger partial charge on any atom is 0.197 e. The van der Waals surface area contributed by atoms with Crippen LogP contribution in [0, 0.1) is 0 Å². The summed E-state index contributed by atoms with van der Waals surface area (Å²) in [7, 11) is 0. The lowest BCUT2D eigenvalue weighted by Crippen LogP contribution is -2.48. The zero-order chi connectivity index (χ0) is 19.3. The quantitative estimate of drug-likeness (QED) is 0.542. The van der Waals surface area contributed by atoms with Crippen molar-refractivity contribution in [2.75, 3.05) is 11.4 Å². The number of benzene rings is 2. The summed E-state index contributed by atoms with van der Waals surface area (Å²) in [6.07, 6.45) is 2.84. The molecule has 2 aromatic carbocycles. The number of ketones is 2. The molecule has 0 aromatic heterocycles. The first kappa shape index (κ1) is 17.7. The summed E-state index contributed by atoms with van der Waals surface area (Å²) in [6.45, 7) is 9.98. The molecule has 0 radical (unpaired) electrons. The molecule has 1 atom stereocenters. The van der Waals surface area contributed by atoms with Crippen LogP contribution in [0.3, 0.4) is 0 Å². The van der Waals surface area contributed by atoms with Crippen LogP contribution < -0.4 is 4.90 Å². The van der Waals surface area contributed by atoms with Gasteiger partial charge in [0.05, 0.1) is 5.57 Å². The van der Waals surface area contributed by atoms with E-state index >= 15 is 0 Å². The third-order valence-electron chi connectivity index (χ3n) is 5.94. The fourth-order valence-corrected chi connectivity index (χ4v) is 4.77. The summed E-state index contributed by atoms with van der Waals surface area (Å²) in [6, 6.07) is 13.4. The molecule has 4 rings (SSSR count). The number of Topliss-reactive ketones (excluding diaryl/α,β-unsaturated/α-hetero) is 2. The highest BCUT2D eigenvalue weighted by Crippen LogP contribution is 2.43. The number of hydrogen-bond donors (Lipinski definition) is 0. The van der Waals surface area contributed by atoms with Gasteiger partial charge in [0.25, 0.3) is 0 Å². The van der Waals surface area contributed by atoms with Crippen molar-refractivity contribution in [1.29, 1.82) is 0 Å². The number of hydrogen-bond acceptors (Lipinski definition) is 3. The predicted octanol–water partition coefficient (Wildman–Crippen LogP) is 5.26. The van der Waals surface area contributed by atoms with Gasteiger partial charge in [-0.05, 0) is 62.4 Å². The molecular formula is C24H25NO2. The molecule has 0 unspecified atom stereocenters. The molecule has 0 saturated heterocycles. The van der Waals surface area contributed by atoms with Crippen LogP contribution in [0.4, 0.5) is 5.69 Å². The highest BCUT2D eigenvalue weighted by molar-refractivity contribution is 6.41. The minimum atomic E-state index is -0.169. The van der Waals surface area contributed by atoms with E-state index in [-0.39, 0.29) is 22.7 Å². The second kappa shape index (κ2) is 6.19. The lowest BCUT2D eigenvalue weighted by molar-refractivity contribution is 0.0990. The van der Waals surface area contributed by atoms with Gasteiger partial charge in [0, 0.05) is 28.9 Å². The lowest BCUT2D eigenvalue weighted by Gasteiger charge is -2.47. The average Bonchev–Trinajstić information content (AvgIpc) is 2.87. The van der Waals surface area contributed by atoms with E-state index in [0.29, 0.717) is 17.0 Å². The SMILES string of the molecule is CCN1c2ccc(C=C3C(=O)c4ccccc4C3=O)cc2[C@@H](C)CC1(C)C. The molecule has 2 aliphatic rings. The highest BCUT2D eigenvalue weighted by atomic mass is 16.2. The van der Waals surface area contributed by atoms with Crippen LogP contribution in [-0.2, 0) is 0 Å². The number of carbonyl (C=O) groups excluding carboxylic acids is 2. The van der Waals surface area contributed by atoms with E-state index in [1.807, 2.05) is 6.07 Å². The average molecular weight is 359 g/mol. The Kier molecular flexibility index (Phi) is 4.06. The molecule has 1 aliphatic heterocycles. The van der Waals surface area contributed by atoms with Crippen molar-refractivity contribution in [3.05, 3.63) is 70.3 Å². The van der Waals surface area contributed by atoms with Crippen LogP contribution >= 0.6 is 0 Å².